The molecule has 13 heavy (non-hydrogen) atoms. The Morgan fingerprint density at radius 2 is 2.00 bits per heavy atom. The molecule has 0 unspecified atom stereocenters. The van der Waals surface area contributed by atoms with E-state index in [1.54, 1.807) is 13.8 Å². The highest BCUT2D eigenvalue weighted by molar-refractivity contribution is 7.88. The first kappa shape index (κ1) is 10.5. The number of carbonyl (C=O) groups is 1. The zero-order valence-corrected chi connectivity index (χ0v) is 8.81. The fraction of sp³-hybridized carbons (Fsp3) is 0.857. The van der Waals surface area contributed by atoms with Crippen LogP contribution in [0.5, 0.6) is 0 Å². The molecule has 1 N–H and O–H groups in total. The van der Waals surface area contributed by atoms with Crippen molar-refractivity contribution in [3.05, 3.63) is 0 Å². The van der Waals surface area contributed by atoms with Crippen LogP contribution in [-0.2, 0) is 14.8 Å². The molecule has 1 aliphatic rings. The van der Waals surface area contributed by atoms with E-state index in [0.717, 1.165) is 6.26 Å². The summed E-state index contributed by atoms with van der Waals surface area (Å²) in [6.07, 6.45) is 1.12. The van der Waals surface area contributed by atoms with Gasteiger partial charge in [0, 0.05) is 12.1 Å². The number of piperazine rings is 1. The molecule has 0 aromatic heterocycles. The number of hydrogen-bond acceptors (Lipinski definition) is 3. The Morgan fingerprint density at radius 3 is 2.38 bits per heavy atom. The topological polar surface area (TPSA) is 66.5 Å². The highest BCUT2D eigenvalue weighted by Crippen LogP contribution is 2.19. The van der Waals surface area contributed by atoms with Crippen molar-refractivity contribution in [2.75, 3.05) is 19.3 Å². The van der Waals surface area contributed by atoms with Crippen LogP contribution in [-0.4, -0.2) is 43.5 Å². The molecule has 1 saturated heterocycles. The summed E-state index contributed by atoms with van der Waals surface area (Å²) in [7, 11) is -3.29. The predicted octanol–water partition coefficient (Wildman–Crippen LogP) is -0.844. The third-order valence-corrected chi connectivity index (χ3v) is 3.50. The Labute approximate surface area is 78.2 Å². The molecule has 0 aliphatic carbocycles. The van der Waals surface area contributed by atoms with Gasteiger partial charge in [-0.1, -0.05) is 0 Å². The minimum atomic E-state index is -3.29. The Balaban J connectivity index is 2.98. The average Bonchev–Trinajstić information content (AvgIpc) is 1.92. The monoisotopic (exact) mass is 206 g/mol. The van der Waals surface area contributed by atoms with Crippen molar-refractivity contribution in [2.45, 2.75) is 19.4 Å². The van der Waals surface area contributed by atoms with E-state index in [4.69, 9.17) is 0 Å². The van der Waals surface area contributed by atoms with Gasteiger partial charge in [0.25, 0.3) is 0 Å². The summed E-state index contributed by atoms with van der Waals surface area (Å²) in [6.45, 7) is 3.85. The Bertz CT molecular complexity index is 321. The quantitative estimate of drug-likeness (QED) is 0.608. The van der Waals surface area contributed by atoms with Gasteiger partial charge >= 0.3 is 0 Å². The summed E-state index contributed by atoms with van der Waals surface area (Å²) in [4.78, 5) is 11.0. The number of hydrogen-bond donors (Lipinski definition) is 1. The van der Waals surface area contributed by atoms with Crippen LogP contribution in [0.3, 0.4) is 0 Å². The summed E-state index contributed by atoms with van der Waals surface area (Å²) >= 11 is 0. The second kappa shape index (κ2) is 2.95. The summed E-state index contributed by atoms with van der Waals surface area (Å²) < 4.78 is 23.8. The van der Waals surface area contributed by atoms with Crippen LogP contribution in [0.15, 0.2) is 0 Å². The summed E-state index contributed by atoms with van der Waals surface area (Å²) in [5.41, 5.74) is -0.526. The normalized spacial score (nSPS) is 24.1. The highest BCUT2D eigenvalue weighted by atomic mass is 32.2. The molecule has 5 nitrogen and oxygen atoms in total. The van der Waals surface area contributed by atoms with Gasteiger partial charge in [-0.05, 0) is 13.8 Å². The second-order valence-electron chi connectivity index (χ2n) is 3.86. The largest absolute Gasteiger partial charge is 0.353 e. The molecule has 0 atom stereocenters. The van der Waals surface area contributed by atoms with E-state index in [0.29, 0.717) is 6.54 Å². The van der Waals surface area contributed by atoms with Crippen molar-refractivity contribution >= 4 is 15.9 Å². The molecule has 0 saturated carbocycles. The van der Waals surface area contributed by atoms with Gasteiger partial charge in [0.15, 0.2) is 0 Å². The summed E-state index contributed by atoms with van der Waals surface area (Å²) in [5, 5.41) is 2.63. The summed E-state index contributed by atoms with van der Waals surface area (Å²) in [6, 6.07) is 0. The lowest BCUT2D eigenvalue weighted by Crippen LogP contribution is -2.61. The Kier molecular flexibility index (Phi) is 2.38. The van der Waals surface area contributed by atoms with Crippen LogP contribution in [0, 0.1) is 0 Å². The molecule has 0 spiro atoms. The zero-order chi connectivity index (χ0) is 10.3. The van der Waals surface area contributed by atoms with E-state index in [9.17, 15) is 13.2 Å². The molecule has 0 aromatic carbocycles. The maximum Gasteiger partial charge on any atom is 0.235 e. The maximum absolute atomic E-state index is 11.3. The number of rotatable bonds is 1. The van der Waals surface area contributed by atoms with E-state index in [1.165, 1.54) is 4.31 Å². The van der Waals surface area contributed by atoms with Crippen molar-refractivity contribution in [3.63, 3.8) is 0 Å². The van der Waals surface area contributed by atoms with Crippen LogP contribution < -0.4 is 5.32 Å². The molecule has 1 fully saturated rings. The Hall–Kier alpha value is -0.620. The van der Waals surface area contributed by atoms with Crippen LogP contribution in [0.2, 0.25) is 0 Å². The maximum atomic E-state index is 11.3. The molecule has 1 heterocycles. The number of nitrogens with zero attached hydrogens (tertiary/aromatic N) is 1. The summed E-state index contributed by atoms with van der Waals surface area (Å²) in [5.74, 6) is -0.246. The molecule has 1 amide bonds. The van der Waals surface area contributed by atoms with Gasteiger partial charge in [-0.15, -0.1) is 0 Å². The lowest BCUT2D eigenvalue weighted by Gasteiger charge is -2.39. The highest BCUT2D eigenvalue weighted by Gasteiger charge is 2.38. The minimum Gasteiger partial charge on any atom is -0.353 e. The Morgan fingerprint density at radius 1 is 1.46 bits per heavy atom. The van der Waals surface area contributed by atoms with Gasteiger partial charge in [-0.3, -0.25) is 4.79 Å². The van der Waals surface area contributed by atoms with Gasteiger partial charge in [0.1, 0.15) is 0 Å². The van der Waals surface area contributed by atoms with Gasteiger partial charge in [-0.2, -0.15) is 4.31 Å². The van der Waals surface area contributed by atoms with E-state index in [-0.39, 0.29) is 12.5 Å². The minimum absolute atomic E-state index is 0.0775. The van der Waals surface area contributed by atoms with Crippen LogP contribution in [0.25, 0.3) is 0 Å². The van der Waals surface area contributed by atoms with Crippen LogP contribution >= 0.6 is 0 Å². The smallest absolute Gasteiger partial charge is 0.235 e. The first-order valence-electron chi connectivity index (χ1n) is 3.98. The van der Waals surface area contributed by atoms with E-state index < -0.39 is 15.6 Å². The molecule has 1 aliphatic heterocycles. The van der Waals surface area contributed by atoms with E-state index in [1.807, 2.05) is 0 Å². The lowest BCUT2D eigenvalue weighted by atomic mass is 10.0. The third-order valence-electron chi connectivity index (χ3n) is 2.08. The zero-order valence-electron chi connectivity index (χ0n) is 7.99. The van der Waals surface area contributed by atoms with Gasteiger partial charge in [0.05, 0.1) is 12.8 Å². The molecule has 0 aromatic rings. The molecule has 0 radical (unpaired) electrons. The standard InChI is InChI=1S/C7H14N2O3S/c1-7(2)5-8-6(10)4-9(7)13(3,11)12/h4-5H2,1-3H3,(H,8,10). The van der Waals surface area contributed by atoms with Crippen molar-refractivity contribution in [1.29, 1.82) is 0 Å². The number of carbonyl (C=O) groups excluding carboxylic acids is 1. The molecular formula is C7H14N2O3S. The van der Waals surface area contributed by atoms with Crippen LogP contribution in [0.4, 0.5) is 0 Å². The van der Waals surface area contributed by atoms with Crippen molar-refractivity contribution in [2.24, 2.45) is 0 Å². The van der Waals surface area contributed by atoms with E-state index >= 15 is 0 Å². The molecule has 6 heteroatoms. The molecule has 1 rings (SSSR count). The van der Waals surface area contributed by atoms with Crippen LogP contribution in [0.1, 0.15) is 13.8 Å². The predicted molar refractivity (Wildman–Crippen MR) is 48.6 cm³/mol. The van der Waals surface area contributed by atoms with Gasteiger partial charge in [0.2, 0.25) is 15.9 Å². The van der Waals surface area contributed by atoms with Gasteiger partial charge < -0.3 is 5.32 Å². The number of sulfonamides is 1. The number of amides is 1. The third kappa shape index (κ3) is 2.19. The van der Waals surface area contributed by atoms with E-state index in [2.05, 4.69) is 5.32 Å². The number of nitrogens with one attached hydrogen (secondary N) is 1. The fourth-order valence-electron chi connectivity index (χ4n) is 1.37. The van der Waals surface area contributed by atoms with Crippen molar-refractivity contribution in [1.82, 2.24) is 9.62 Å². The first-order chi connectivity index (χ1) is 5.73. The second-order valence-corrected chi connectivity index (χ2v) is 5.77. The fourth-order valence-corrected chi connectivity index (χ4v) is 2.68. The lowest BCUT2D eigenvalue weighted by molar-refractivity contribution is -0.124. The van der Waals surface area contributed by atoms with Gasteiger partial charge in [-0.25, -0.2) is 8.42 Å². The average molecular weight is 206 g/mol. The first-order valence-corrected chi connectivity index (χ1v) is 5.83. The molecule has 76 valence electrons. The SMILES string of the molecule is CC1(C)CNC(=O)CN1S(C)(=O)=O. The molecule has 0 bridgehead atoms. The van der Waals surface area contributed by atoms with Crippen molar-refractivity contribution in [3.8, 4) is 0 Å². The molecular weight excluding hydrogens is 192 g/mol. The van der Waals surface area contributed by atoms with Crippen molar-refractivity contribution < 1.29 is 13.2 Å².